The molecule has 170 valence electrons. The fourth-order valence-electron chi connectivity index (χ4n) is 5.42. The molecular formula is C23H33N3O4S. The standard InChI is InChI=1S/C23H33N3O4S/c27-22(26-10-12-31(28,29)13-11-26)16-25-8-6-23(7-9-25)15-19(17-30-23)24-21-14-20(21)18-4-2-1-3-5-18/h1-5,19-21,24H,6-17H2. The van der Waals surface area contributed by atoms with E-state index in [0.717, 1.165) is 39.0 Å². The fourth-order valence-corrected chi connectivity index (χ4v) is 6.62. The lowest BCUT2D eigenvalue weighted by Gasteiger charge is -2.39. The van der Waals surface area contributed by atoms with Gasteiger partial charge in [-0.2, -0.15) is 0 Å². The van der Waals surface area contributed by atoms with E-state index >= 15 is 0 Å². The molecular weight excluding hydrogens is 414 g/mol. The van der Waals surface area contributed by atoms with E-state index in [-0.39, 0.29) is 23.0 Å². The highest BCUT2D eigenvalue weighted by atomic mass is 32.2. The van der Waals surface area contributed by atoms with Crippen molar-refractivity contribution in [2.75, 3.05) is 50.8 Å². The van der Waals surface area contributed by atoms with Crippen LogP contribution in [0.25, 0.3) is 0 Å². The van der Waals surface area contributed by atoms with Crippen LogP contribution in [0, 0.1) is 0 Å². The molecule has 3 saturated heterocycles. The van der Waals surface area contributed by atoms with Crippen LogP contribution < -0.4 is 5.32 Å². The first-order valence-corrected chi connectivity index (χ1v) is 13.4. The summed E-state index contributed by atoms with van der Waals surface area (Å²) in [4.78, 5) is 16.5. The number of amides is 1. The van der Waals surface area contributed by atoms with E-state index in [0.29, 0.717) is 37.6 Å². The molecule has 1 aliphatic carbocycles. The number of ether oxygens (including phenoxy) is 1. The summed E-state index contributed by atoms with van der Waals surface area (Å²) in [5, 5.41) is 3.82. The summed E-state index contributed by atoms with van der Waals surface area (Å²) in [5.41, 5.74) is 1.38. The first kappa shape index (κ1) is 21.4. The number of piperidine rings is 1. The van der Waals surface area contributed by atoms with E-state index in [1.165, 1.54) is 12.0 Å². The minimum Gasteiger partial charge on any atom is -0.373 e. The van der Waals surface area contributed by atoms with Gasteiger partial charge in [0.25, 0.3) is 0 Å². The number of benzene rings is 1. The second-order valence-corrected chi connectivity index (χ2v) is 12.0. The number of hydrogen-bond donors (Lipinski definition) is 1. The van der Waals surface area contributed by atoms with Gasteiger partial charge in [-0.1, -0.05) is 30.3 Å². The molecule has 3 unspecified atom stereocenters. The van der Waals surface area contributed by atoms with E-state index < -0.39 is 9.84 Å². The van der Waals surface area contributed by atoms with Crippen LogP contribution in [-0.4, -0.2) is 92.6 Å². The maximum Gasteiger partial charge on any atom is 0.236 e. The SMILES string of the molecule is O=C(CN1CCC2(CC1)CC(NC1CC1c1ccccc1)CO2)N1CCS(=O)(=O)CC1. The number of nitrogens with zero attached hydrogens (tertiary/aromatic N) is 2. The van der Waals surface area contributed by atoms with Gasteiger partial charge in [-0.3, -0.25) is 9.69 Å². The Balaban J connectivity index is 1.05. The quantitative estimate of drug-likeness (QED) is 0.726. The third-order valence-electron chi connectivity index (χ3n) is 7.50. The molecule has 0 radical (unpaired) electrons. The second-order valence-electron chi connectivity index (χ2n) is 9.73. The molecule has 3 heterocycles. The van der Waals surface area contributed by atoms with Crippen molar-refractivity contribution in [3.8, 4) is 0 Å². The minimum atomic E-state index is -2.96. The Morgan fingerprint density at radius 2 is 1.81 bits per heavy atom. The average Bonchev–Trinajstić information content (AvgIpc) is 3.42. The van der Waals surface area contributed by atoms with Crippen molar-refractivity contribution in [2.24, 2.45) is 0 Å². The Hall–Kier alpha value is -1.48. The lowest BCUT2D eigenvalue weighted by molar-refractivity contribution is -0.133. The molecule has 8 heteroatoms. The Morgan fingerprint density at radius 3 is 2.52 bits per heavy atom. The van der Waals surface area contributed by atoms with Gasteiger partial charge in [0.05, 0.1) is 30.3 Å². The number of likely N-dealkylation sites (tertiary alicyclic amines) is 1. The molecule has 3 atom stereocenters. The van der Waals surface area contributed by atoms with Gasteiger partial charge in [-0.25, -0.2) is 8.42 Å². The molecule has 3 aliphatic heterocycles. The molecule has 1 saturated carbocycles. The van der Waals surface area contributed by atoms with Crippen LogP contribution in [0.3, 0.4) is 0 Å². The Bertz CT molecular complexity index is 885. The highest BCUT2D eigenvalue weighted by Gasteiger charge is 2.46. The topological polar surface area (TPSA) is 79.0 Å². The van der Waals surface area contributed by atoms with Crippen molar-refractivity contribution in [1.29, 1.82) is 0 Å². The number of rotatable bonds is 5. The van der Waals surface area contributed by atoms with Gasteiger partial charge in [0.2, 0.25) is 5.91 Å². The summed E-state index contributed by atoms with van der Waals surface area (Å²) in [7, 11) is -2.96. The average molecular weight is 448 g/mol. The summed E-state index contributed by atoms with van der Waals surface area (Å²) in [6.45, 7) is 3.56. The number of carbonyl (C=O) groups excluding carboxylic acids is 1. The van der Waals surface area contributed by atoms with Crippen LogP contribution in [0.4, 0.5) is 0 Å². The van der Waals surface area contributed by atoms with E-state index in [9.17, 15) is 13.2 Å². The van der Waals surface area contributed by atoms with Crippen molar-refractivity contribution >= 4 is 15.7 Å². The molecule has 1 amide bonds. The first-order chi connectivity index (χ1) is 14.9. The number of sulfone groups is 1. The molecule has 1 spiro atoms. The van der Waals surface area contributed by atoms with Gasteiger partial charge in [0.1, 0.15) is 0 Å². The second kappa shape index (κ2) is 8.46. The Labute approximate surface area is 185 Å². The molecule has 4 fully saturated rings. The van der Waals surface area contributed by atoms with E-state index in [2.05, 4.69) is 40.5 Å². The maximum absolute atomic E-state index is 12.6. The molecule has 1 N–H and O–H groups in total. The van der Waals surface area contributed by atoms with Gasteiger partial charge in [0, 0.05) is 44.2 Å². The molecule has 5 rings (SSSR count). The molecule has 0 aromatic heterocycles. The third kappa shape index (κ3) is 4.97. The normalized spacial score (nSPS) is 32.3. The van der Waals surface area contributed by atoms with E-state index in [1.807, 2.05) is 0 Å². The van der Waals surface area contributed by atoms with Crippen LogP contribution >= 0.6 is 0 Å². The summed E-state index contributed by atoms with van der Waals surface area (Å²) >= 11 is 0. The summed E-state index contributed by atoms with van der Waals surface area (Å²) in [6.07, 6.45) is 4.18. The number of nitrogens with one attached hydrogen (secondary N) is 1. The van der Waals surface area contributed by atoms with Crippen LogP contribution in [0.2, 0.25) is 0 Å². The third-order valence-corrected chi connectivity index (χ3v) is 9.11. The van der Waals surface area contributed by atoms with Crippen molar-refractivity contribution in [1.82, 2.24) is 15.1 Å². The zero-order chi connectivity index (χ0) is 21.5. The Morgan fingerprint density at radius 1 is 1.10 bits per heavy atom. The minimum absolute atomic E-state index is 0.0481. The van der Waals surface area contributed by atoms with Crippen LogP contribution in [0.5, 0.6) is 0 Å². The highest BCUT2D eigenvalue weighted by molar-refractivity contribution is 7.91. The zero-order valence-electron chi connectivity index (χ0n) is 18.0. The monoisotopic (exact) mass is 447 g/mol. The number of carbonyl (C=O) groups is 1. The molecule has 7 nitrogen and oxygen atoms in total. The predicted molar refractivity (Wildman–Crippen MR) is 119 cm³/mol. The van der Waals surface area contributed by atoms with Crippen LogP contribution in [-0.2, 0) is 19.4 Å². The van der Waals surface area contributed by atoms with Gasteiger partial charge in [-0.05, 0) is 31.2 Å². The van der Waals surface area contributed by atoms with Gasteiger partial charge < -0.3 is 15.0 Å². The van der Waals surface area contributed by atoms with E-state index in [4.69, 9.17) is 4.74 Å². The van der Waals surface area contributed by atoms with Crippen LogP contribution in [0.1, 0.15) is 37.2 Å². The largest absolute Gasteiger partial charge is 0.373 e. The van der Waals surface area contributed by atoms with Crippen LogP contribution in [0.15, 0.2) is 30.3 Å². The van der Waals surface area contributed by atoms with Gasteiger partial charge >= 0.3 is 0 Å². The molecule has 4 aliphatic rings. The van der Waals surface area contributed by atoms with E-state index in [1.54, 1.807) is 4.90 Å². The Kier molecular flexibility index (Phi) is 5.83. The zero-order valence-corrected chi connectivity index (χ0v) is 18.9. The molecule has 1 aromatic carbocycles. The molecule has 0 bridgehead atoms. The summed E-state index contributed by atoms with van der Waals surface area (Å²) in [6, 6.07) is 11.7. The van der Waals surface area contributed by atoms with Crippen molar-refractivity contribution in [3.63, 3.8) is 0 Å². The molecule has 31 heavy (non-hydrogen) atoms. The highest BCUT2D eigenvalue weighted by Crippen LogP contribution is 2.43. The fraction of sp³-hybridized carbons (Fsp3) is 0.696. The van der Waals surface area contributed by atoms with Gasteiger partial charge in [-0.15, -0.1) is 0 Å². The summed E-state index contributed by atoms with van der Waals surface area (Å²) in [5.74, 6) is 0.876. The van der Waals surface area contributed by atoms with Crippen molar-refractivity contribution in [2.45, 2.75) is 49.3 Å². The lowest BCUT2D eigenvalue weighted by atomic mass is 9.87. The first-order valence-electron chi connectivity index (χ1n) is 11.6. The lowest BCUT2D eigenvalue weighted by Crippen LogP contribution is -2.51. The summed E-state index contributed by atoms with van der Waals surface area (Å²) < 4.78 is 29.4. The number of hydrogen-bond acceptors (Lipinski definition) is 6. The van der Waals surface area contributed by atoms with Crippen molar-refractivity contribution < 1.29 is 17.9 Å². The predicted octanol–water partition coefficient (Wildman–Crippen LogP) is 1.01. The van der Waals surface area contributed by atoms with Crippen molar-refractivity contribution in [3.05, 3.63) is 35.9 Å². The molecule has 1 aromatic rings. The smallest absolute Gasteiger partial charge is 0.236 e. The maximum atomic E-state index is 12.6. The van der Waals surface area contributed by atoms with Gasteiger partial charge in [0.15, 0.2) is 9.84 Å².